The fraction of sp³-hybridized carbons (Fsp3) is 0.857. The highest BCUT2D eigenvalue weighted by atomic mass is 16.1. The Morgan fingerprint density at radius 2 is 0.778 bits per heavy atom. The lowest BCUT2D eigenvalue weighted by molar-refractivity contribution is -0.886. The lowest BCUT2D eigenvalue weighted by atomic mass is 9.96. The molecule has 0 saturated heterocycles. The van der Waals surface area contributed by atoms with Crippen LogP contribution in [0.15, 0.2) is 24.3 Å². The van der Waals surface area contributed by atoms with Crippen molar-refractivity contribution < 1.29 is 14.1 Å². The molecule has 0 aromatic heterocycles. The summed E-state index contributed by atoms with van der Waals surface area (Å²) in [6, 6.07) is -0.0557. The van der Waals surface area contributed by atoms with Gasteiger partial charge in [-0.2, -0.15) is 0 Å². The molecular weight excluding hydrogens is 550 g/mol. The van der Waals surface area contributed by atoms with Gasteiger partial charge in [0.05, 0.1) is 21.1 Å². The Bertz CT molecular complexity index is 717. The summed E-state index contributed by atoms with van der Waals surface area (Å²) in [5, 5.41) is 0. The minimum absolute atomic E-state index is 0.0557. The van der Waals surface area contributed by atoms with E-state index < -0.39 is 0 Å². The molecule has 3 nitrogen and oxygen atoms in total. The zero-order valence-corrected chi connectivity index (χ0v) is 31.4. The van der Waals surface area contributed by atoms with Crippen molar-refractivity contribution in [2.75, 3.05) is 21.1 Å². The molecule has 0 amide bonds. The normalized spacial score (nSPS) is 12.9. The summed E-state index contributed by atoms with van der Waals surface area (Å²) in [4.78, 5) is 25.7. The van der Waals surface area contributed by atoms with Gasteiger partial charge in [-0.1, -0.05) is 141 Å². The highest BCUT2D eigenvalue weighted by Gasteiger charge is 2.30. The number of carbonyl (C=O) groups is 2. The molecule has 0 saturated carbocycles. The van der Waals surface area contributed by atoms with Crippen LogP contribution in [0, 0.1) is 0 Å². The van der Waals surface area contributed by atoms with Gasteiger partial charge in [0.1, 0.15) is 11.8 Å². The molecule has 0 aliphatic carbocycles. The smallest absolute Gasteiger partial charge is 0.189 e. The van der Waals surface area contributed by atoms with Crippen molar-refractivity contribution in [2.24, 2.45) is 0 Å². The third-order valence-corrected chi connectivity index (χ3v) is 9.41. The summed E-state index contributed by atoms with van der Waals surface area (Å²) < 4.78 is 0.630. The van der Waals surface area contributed by atoms with Crippen molar-refractivity contribution in [3.63, 3.8) is 0 Å². The van der Waals surface area contributed by atoms with Crippen molar-refractivity contribution in [1.29, 1.82) is 0 Å². The van der Waals surface area contributed by atoms with Crippen LogP contribution >= 0.6 is 0 Å². The molecule has 1 unspecified atom stereocenters. The van der Waals surface area contributed by atoms with Gasteiger partial charge in [0, 0.05) is 25.7 Å². The second kappa shape index (κ2) is 32.7. The third kappa shape index (κ3) is 31.2. The van der Waals surface area contributed by atoms with Gasteiger partial charge in [-0.05, 0) is 64.2 Å². The maximum atomic E-state index is 13.1. The van der Waals surface area contributed by atoms with E-state index >= 15 is 0 Å². The van der Waals surface area contributed by atoms with Gasteiger partial charge >= 0.3 is 0 Å². The quantitative estimate of drug-likeness (QED) is 0.0396. The van der Waals surface area contributed by atoms with Crippen LogP contribution in [0.2, 0.25) is 0 Å². The lowest BCUT2D eigenvalue weighted by Crippen LogP contribution is -2.50. The Morgan fingerprint density at radius 1 is 0.444 bits per heavy atom. The van der Waals surface area contributed by atoms with E-state index in [0.717, 1.165) is 25.7 Å². The monoisotopic (exact) mass is 631 g/mol. The topological polar surface area (TPSA) is 34.1 Å². The fourth-order valence-electron chi connectivity index (χ4n) is 6.33. The summed E-state index contributed by atoms with van der Waals surface area (Å²) in [5.74, 6) is 0.703. The van der Waals surface area contributed by atoms with E-state index in [4.69, 9.17) is 0 Å². The summed E-state index contributed by atoms with van der Waals surface area (Å²) in [7, 11) is 6.32. The second-order valence-electron chi connectivity index (χ2n) is 14.8. The molecule has 0 heterocycles. The molecule has 1 atom stereocenters. The first-order valence-electron chi connectivity index (χ1n) is 20.0. The average Bonchev–Trinajstić information content (AvgIpc) is 3.00. The summed E-state index contributed by atoms with van der Waals surface area (Å²) in [6.07, 6.45) is 45.3. The molecule has 0 rings (SSSR count). The molecule has 0 aliphatic heterocycles. The van der Waals surface area contributed by atoms with Gasteiger partial charge in [0.25, 0.3) is 0 Å². The molecule has 0 aromatic carbocycles. The SMILES string of the molecule is CCCCCCCC/C=C\CCCCCCCC(=O)CCC(C(=O)CCCCCCC/C=C\CCCCCCCC)[N+](C)(C)C. The largest absolute Gasteiger partial charge is 0.322 e. The first kappa shape index (κ1) is 43.8. The van der Waals surface area contributed by atoms with Gasteiger partial charge in [0.15, 0.2) is 5.78 Å². The summed E-state index contributed by atoms with van der Waals surface area (Å²) in [5.41, 5.74) is 0. The number of likely N-dealkylation sites (N-methyl/N-ethyl adjacent to an activating group) is 1. The van der Waals surface area contributed by atoms with Crippen LogP contribution in [0.5, 0.6) is 0 Å². The van der Waals surface area contributed by atoms with Crippen molar-refractivity contribution in [1.82, 2.24) is 0 Å². The number of hydrogen-bond acceptors (Lipinski definition) is 2. The van der Waals surface area contributed by atoms with Crippen molar-refractivity contribution >= 4 is 11.6 Å². The number of quaternary nitrogens is 1. The first-order valence-corrected chi connectivity index (χ1v) is 20.0. The Balaban J connectivity index is 3.84. The molecular formula is C42H80NO2+. The molecule has 0 fully saturated rings. The van der Waals surface area contributed by atoms with Gasteiger partial charge in [-0.3, -0.25) is 9.59 Å². The zero-order valence-electron chi connectivity index (χ0n) is 31.4. The Labute approximate surface area is 283 Å². The lowest BCUT2D eigenvalue weighted by Gasteiger charge is -2.33. The summed E-state index contributed by atoms with van der Waals surface area (Å²) >= 11 is 0. The second-order valence-corrected chi connectivity index (χ2v) is 14.8. The zero-order chi connectivity index (χ0) is 33.3. The number of ketones is 2. The molecule has 3 heteroatoms. The molecule has 0 spiro atoms. The van der Waals surface area contributed by atoms with Crippen LogP contribution in [0.25, 0.3) is 0 Å². The molecule has 0 aliphatic rings. The number of rotatable bonds is 35. The Kier molecular flexibility index (Phi) is 31.8. The van der Waals surface area contributed by atoms with Crippen molar-refractivity contribution in [3.8, 4) is 0 Å². The van der Waals surface area contributed by atoms with E-state index in [0.29, 0.717) is 41.7 Å². The van der Waals surface area contributed by atoms with Crippen molar-refractivity contribution in [2.45, 2.75) is 213 Å². The standard InChI is InChI=1S/C42H80NO2/c1-6-8-10-12-14-16-18-20-22-24-26-28-30-32-34-36-40(44)38-39-41(43(3,4)5)42(45)37-35-33-31-29-27-25-23-21-19-17-15-13-11-9-7-2/h20-23,41H,6-19,24-39H2,1-5H3/q+1/b22-20-,23-21-. The predicted molar refractivity (Wildman–Crippen MR) is 200 cm³/mol. The highest BCUT2D eigenvalue weighted by Crippen LogP contribution is 2.18. The maximum absolute atomic E-state index is 13.1. The van der Waals surface area contributed by atoms with Crippen LogP contribution in [-0.2, 0) is 9.59 Å². The number of carbonyl (C=O) groups excluding carboxylic acids is 2. The van der Waals surface area contributed by atoms with E-state index in [-0.39, 0.29) is 6.04 Å². The number of unbranched alkanes of at least 4 members (excludes halogenated alkanes) is 22. The van der Waals surface area contributed by atoms with Crippen LogP contribution < -0.4 is 0 Å². The Morgan fingerprint density at radius 3 is 1.16 bits per heavy atom. The molecule has 0 N–H and O–H groups in total. The van der Waals surface area contributed by atoms with E-state index in [1.807, 2.05) is 0 Å². The first-order chi connectivity index (χ1) is 21.8. The van der Waals surface area contributed by atoms with E-state index in [1.54, 1.807) is 0 Å². The third-order valence-electron chi connectivity index (χ3n) is 9.41. The number of Topliss-reactive ketones (excluding diaryl/α,β-unsaturated/α-hetero) is 2. The molecule has 0 aromatic rings. The number of hydrogen-bond donors (Lipinski definition) is 0. The van der Waals surface area contributed by atoms with Gasteiger partial charge < -0.3 is 4.48 Å². The number of nitrogens with zero attached hydrogens (tertiary/aromatic N) is 1. The Hall–Kier alpha value is -1.22. The van der Waals surface area contributed by atoms with E-state index in [2.05, 4.69) is 59.3 Å². The van der Waals surface area contributed by atoms with Crippen LogP contribution in [-0.4, -0.2) is 43.2 Å². The average molecular weight is 631 g/mol. The minimum atomic E-state index is -0.0557. The predicted octanol–water partition coefficient (Wildman–Crippen LogP) is 13.1. The van der Waals surface area contributed by atoms with Crippen LogP contribution in [0.1, 0.15) is 206 Å². The molecule has 264 valence electrons. The molecule has 45 heavy (non-hydrogen) atoms. The summed E-state index contributed by atoms with van der Waals surface area (Å²) in [6.45, 7) is 4.55. The minimum Gasteiger partial charge on any atom is -0.322 e. The van der Waals surface area contributed by atoms with Crippen molar-refractivity contribution in [3.05, 3.63) is 24.3 Å². The van der Waals surface area contributed by atoms with Crippen LogP contribution in [0.4, 0.5) is 0 Å². The van der Waals surface area contributed by atoms with E-state index in [1.165, 1.54) is 141 Å². The highest BCUT2D eigenvalue weighted by molar-refractivity contribution is 5.84. The molecule has 0 radical (unpaired) electrons. The molecule has 0 bridgehead atoms. The van der Waals surface area contributed by atoms with Gasteiger partial charge in [-0.15, -0.1) is 0 Å². The van der Waals surface area contributed by atoms with Crippen LogP contribution in [0.3, 0.4) is 0 Å². The fourth-order valence-corrected chi connectivity index (χ4v) is 6.33. The number of allylic oxidation sites excluding steroid dienone is 4. The van der Waals surface area contributed by atoms with Gasteiger partial charge in [0.2, 0.25) is 0 Å². The van der Waals surface area contributed by atoms with E-state index in [9.17, 15) is 9.59 Å². The van der Waals surface area contributed by atoms with Gasteiger partial charge in [-0.25, -0.2) is 0 Å². The maximum Gasteiger partial charge on any atom is 0.189 e.